The number of aliphatic hydroxyl groups is 1. The fourth-order valence-electron chi connectivity index (χ4n) is 3.79. The largest absolute Gasteiger partial charge is 0.421 e. The monoisotopic (exact) mass is 581 g/mol. The molecule has 12 nitrogen and oxygen atoms in total. The number of anilines is 4. The summed E-state index contributed by atoms with van der Waals surface area (Å²) in [6, 6.07) is 9.11. The van der Waals surface area contributed by atoms with E-state index in [1.165, 1.54) is 54.5 Å². The van der Waals surface area contributed by atoms with Gasteiger partial charge in [-0.05, 0) is 30.3 Å². The summed E-state index contributed by atoms with van der Waals surface area (Å²) < 4.78 is 71.1. The lowest BCUT2D eigenvalue weighted by Crippen LogP contribution is -2.48. The van der Waals surface area contributed by atoms with Crippen LogP contribution in [0.4, 0.5) is 36.4 Å². The Morgan fingerprint density at radius 1 is 1.23 bits per heavy atom. The van der Waals surface area contributed by atoms with Gasteiger partial charge in [-0.25, -0.2) is 18.4 Å². The molecule has 1 aliphatic heterocycles. The maximum Gasteiger partial charge on any atom is 0.421 e. The molecule has 1 aliphatic rings. The summed E-state index contributed by atoms with van der Waals surface area (Å²) in [6.07, 6.45) is -2.84. The first-order chi connectivity index (χ1) is 18.8. The second-order valence-electron chi connectivity index (χ2n) is 8.78. The number of amides is 1. The first kappa shape index (κ1) is 29.0. The third-order valence-electron chi connectivity index (χ3n) is 5.96. The minimum absolute atomic E-state index is 0.0174. The number of nitrogens with one attached hydrogen (secondary N) is 2. The number of aromatic nitrogens is 3. The zero-order chi connectivity index (χ0) is 29.1. The van der Waals surface area contributed by atoms with Crippen LogP contribution in [-0.4, -0.2) is 78.6 Å². The molecule has 3 N–H and O–H groups in total. The smallest absolute Gasteiger partial charge is 0.375 e. The zero-order valence-electron chi connectivity index (χ0n) is 21.4. The van der Waals surface area contributed by atoms with Crippen molar-refractivity contribution in [3.05, 3.63) is 65.5 Å². The van der Waals surface area contributed by atoms with E-state index in [9.17, 15) is 31.5 Å². The second kappa shape index (κ2) is 11.6. The number of alkyl halides is 3. The lowest BCUT2D eigenvalue weighted by Gasteiger charge is -2.32. The SMILES string of the molecule is CN(c1ncccc1CNc1nc(Nc2ccc(C(=O)N3CCOC[C@@H]3O)cc2)ncc1C(F)(F)F)S(C)(=O)=O. The standard InChI is InChI=1S/C24H26F3N7O5S/c1-33(40(2,37)38)21-16(4-3-9-28-21)12-29-20-18(24(25,26)27)13-30-23(32-20)31-17-7-5-15(6-8-17)22(36)34-10-11-39-14-19(34)35/h3-9,13,19,35H,10-12,14H2,1-2H3,(H2,29,30,31,32)/t19-/m0/s1. The molecule has 1 amide bonds. The first-order valence-electron chi connectivity index (χ1n) is 11.8. The second-order valence-corrected chi connectivity index (χ2v) is 10.8. The van der Waals surface area contributed by atoms with E-state index in [0.29, 0.717) is 29.6 Å². The fraction of sp³-hybridized carbons (Fsp3) is 0.333. The summed E-state index contributed by atoms with van der Waals surface area (Å²) in [6.45, 7) is 0.344. The maximum absolute atomic E-state index is 13.7. The highest BCUT2D eigenvalue weighted by molar-refractivity contribution is 7.92. The number of morpholine rings is 1. The third-order valence-corrected chi connectivity index (χ3v) is 7.12. The molecule has 1 atom stereocenters. The molecular weight excluding hydrogens is 555 g/mol. The van der Waals surface area contributed by atoms with Crippen molar-refractivity contribution in [1.82, 2.24) is 19.9 Å². The topological polar surface area (TPSA) is 150 Å². The molecule has 40 heavy (non-hydrogen) atoms. The van der Waals surface area contributed by atoms with Crippen LogP contribution < -0.4 is 14.9 Å². The summed E-state index contributed by atoms with van der Waals surface area (Å²) in [7, 11) is -2.38. The van der Waals surface area contributed by atoms with Crippen molar-refractivity contribution in [2.24, 2.45) is 0 Å². The number of hydrogen-bond donors (Lipinski definition) is 3. The Hall–Kier alpha value is -4.02. The number of rotatable bonds is 8. The number of ether oxygens (including phenoxy) is 1. The molecule has 3 heterocycles. The molecule has 0 saturated carbocycles. The molecule has 0 spiro atoms. The van der Waals surface area contributed by atoms with Gasteiger partial charge in [0.2, 0.25) is 16.0 Å². The number of halogens is 3. The summed E-state index contributed by atoms with van der Waals surface area (Å²) in [4.78, 5) is 25.8. The minimum Gasteiger partial charge on any atom is -0.375 e. The van der Waals surface area contributed by atoms with Crippen molar-refractivity contribution in [2.45, 2.75) is 18.9 Å². The van der Waals surface area contributed by atoms with Crippen molar-refractivity contribution < 1.29 is 36.2 Å². The first-order valence-corrected chi connectivity index (χ1v) is 13.7. The van der Waals surface area contributed by atoms with Crippen molar-refractivity contribution in [3.63, 3.8) is 0 Å². The van der Waals surface area contributed by atoms with E-state index in [1.54, 1.807) is 0 Å². The van der Waals surface area contributed by atoms with Gasteiger partial charge < -0.3 is 25.4 Å². The number of nitrogens with zero attached hydrogens (tertiary/aromatic N) is 5. The van der Waals surface area contributed by atoms with Gasteiger partial charge >= 0.3 is 6.18 Å². The predicted molar refractivity (Wildman–Crippen MR) is 139 cm³/mol. The Morgan fingerprint density at radius 3 is 2.60 bits per heavy atom. The quantitative estimate of drug-likeness (QED) is 0.362. The van der Waals surface area contributed by atoms with Crippen LogP contribution in [0.1, 0.15) is 21.5 Å². The van der Waals surface area contributed by atoms with E-state index in [0.717, 1.165) is 10.6 Å². The Bertz CT molecular complexity index is 1470. The van der Waals surface area contributed by atoms with E-state index in [2.05, 4.69) is 25.6 Å². The van der Waals surface area contributed by atoms with Gasteiger partial charge in [-0.2, -0.15) is 18.2 Å². The van der Waals surface area contributed by atoms with Gasteiger partial charge in [0.25, 0.3) is 5.91 Å². The van der Waals surface area contributed by atoms with Crippen molar-refractivity contribution >= 4 is 39.2 Å². The van der Waals surface area contributed by atoms with Crippen LogP contribution in [0.5, 0.6) is 0 Å². The highest BCUT2D eigenvalue weighted by Gasteiger charge is 2.35. The van der Waals surface area contributed by atoms with E-state index >= 15 is 0 Å². The highest BCUT2D eigenvalue weighted by Crippen LogP contribution is 2.34. The molecule has 0 unspecified atom stereocenters. The lowest BCUT2D eigenvalue weighted by atomic mass is 10.1. The summed E-state index contributed by atoms with van der Waals surface area (Å²) >= 11 is 0. The number of pyridine rings is 1. The lowest BCUT2D eigenvalue weighted by molar-refractivity contribution is -0.137. The van der Waals surface area contributed by atoms with Gasteiger partial charge in [0.15, 0.2) is 6.23 Å². The van der Waals surface area contributed by atoms with E-state index < -0.39 is 39.7 Å². The molecule has 1 fully saturated rings. The number of carbonyl (C=O) groups is 1. The number of sulfonamides is 1. The molecule has 1 aromatic carbocycles. The van der Waals surface area contributed by atoms with Gasteiger partial charge in [-0.1, -0.05) is 6.07 Å². The maximum atomic E-state index is 13.7. The van der Waals surface area contributed by atoms with Gasteiger partial charge in [0.05, 0.1) is 19.5 Å². The average molecular weight is 582 g/mol. The van der Waals surface area contributed by atoms with Crippen LogP contribution in [0, 0.1) is 0 Å². The van der Waals surface area contributed by atoms with E-state index in [4.69, 9.17) is 4.74 Å². The van der Waals surface area contributed by atoms with Crippen molar-refractivity contribution in [1.29, 1.82) is 0 Å². The van der Waals surface area contributed by atoms with Crippen LogP contribution in [0.2, 0.25) is 0 Å². The summed E-state index contributed by atoms with van der Waals surface area (Å²) in [5.41, 5.74) is -0.102. The van der Waals surface area contributed by atoms with E-state index in [1.807, 2.05) is 0 Å². The van der Waals surface area contributed by atoms with Gasteiger partial charge in [-0.3, -0.25) is 9.10 Å². The average Bonchev–Trinajstić information content (AvgIpc) is 2.91. The molecule has 0 bridgehead atoms. The third kappa shape index (κ3) is 6.75. The van der Waals surface area contributed by atoms with Crippen LogP contribution in [0.3, 0.4) is 0 Å². The minimum atomic E-state index is -4.77. The Balaban J connectivity index is 1.53. The van der Waals surface area contributed by atoms with Gasteiger partial charge in [-0.15, -0.1) is 0 Å². The molecule has 214 valence electrons. The summed E-state index contributed by atoms with van der Waals surface area (Å²) in [5, 5.41) is 15.4. The number of hydrogen-bond acceptors (Lipinski definition) is 10. The molecule has 4 rings (SSSR count). The molecule has 16 heteroatoms. The van der Waals surface area contributed by atoms with Crippen LogP contribution in [0.15, 0.2) is 48.8 Å². The molecule has 0 radical (unpaired) electrons. The Labute approximate surface area is 227 Å². The highest BCUT2D eigenvalue weighted by atomic mass is 32.2. The van der Waals surface area contributed by atoms with Gasteiger partial charge in [0.1, 0.15) is 17.2 Å². The number of carbonyl (C=O) groups excluding carboxylic acids is 1. The molecule has 0 aliphatic carbocycles. The molecule has 3 aromatic rings. The van der Waals surface area contributed by atoms with Crippen LogP contribution in [-0.2, 0) is 27.5 Å². The normalized spacial score (nSPS) is 15.9. The Kier molecular flexibility index (Phi) is 8.41. The molecular formula is C24H26F3N7O5S. The van der Waals surface area contributed by atoms with E-state index in [-0.39, 0.29) is 31.5 Å². The number of aliphatic hydroxyl groups excluding tert-OH is 1. The van der Waals surface area contributed by atoms with Crippen molar-refractivity contribution in [3.8, 4) is 0 Å². The summed E-state index contributed by atoms with van der Waals surface area (Å²) in [5.74, 6) is -1.03. The van der Waals surface area contributed by atoms with Gasteiger partial charge in [0, 0.05) is 49.3 Å². The van der Waals surface area contributed by atoms with Crippen LogP contribution >= 0.6 is 0 Å². The Morgan fingerprint density at radius 2 is 1.95 bits per heavy atom. The van der Waals surface area contributed by atoms with Crippen molar-refractivity contribution in [2.75, 3.05) is 48.0 Å². The fourth-order valence-corrected chi connectivity index (χ4v) is 4.27. The number of benzene rings is 1. The molecule has 1 saturated heterocycles. The van der Waals surface area contributed by atoms with Crippen LogP contribution in [0.25, 0.3) is 0 Å². The molecule has 2 aromatic heterocycles. The predicted octanol–water partition coefficient (Wildman–Crippen LogP) is 2.43. The zero-order valence-corrected chi connectivity index (χ0v) is 22.2.